The highest BCUT2D eigenvalue weighted by molar-refractivity contribution is 5.86. The van der Waals surface area contributed by atoms with Crippen LogP contribution in [0.2, 0.25) is 0 Å². The summed E-state index contributed by atoms with van der Waals surface area (Å²) in [7, 11) is 0. The molecular formula is C12H13N3O3. The van der Waals surface area contributed by atoms with Crippen LogP contribution in [0.4, 0.5) is 0 Å². The quantitative estimate of drug-likeness (QED) is 0.889. The van der Waals surface area contributed by atoms with Crippen molar-refractivity contribution in [1.82, 2.24) is 15.0 Å². The second-order valence-electron chi connectivity index (χ2n) is 3.67. The van der Waals surface area contributed by atoms with Crippen molar-refractivity contribution in [2.24, 2.45) is 0 Å². The zero-order valence-corrected chi connectivity index (χ0v) is 10.1. The molecule has 0 saturated heterocycles. The number of aromatic nitrogens is 3. The molecule has 0 radical (unpaired) electrons. The van der Waals surface area contributed by atoms with Crippen molar-refractivity contribution in [3.8, 4) is 11.4 Å². The molecule has 1 aromatic carbocycles. The normalized spacial score (nSPS) is 10.3. The van der Waals surface area contributed by atoms with E-state index in [1.165, 1.54) is 4.68 Å². The van der Waals surface area contributed by atoms with E-state index in [0.29, 0.717) is 18.1 Å². The number of ether oxygens (including phenoxy) is 1. The van der Waals surface area contributed by atoms with Crippen molar-refractivity contribution in [1.29, 1.82) is 0 Å². The van der Waals surface area contributed by atoms with Crippen LogP contribution in [0, 0.1) is 6.92 Å². The number of carboxylic acid groups (broad SMARTS) is 1. The summed E-state index contributed by atoms with van der Waals surface area (Å²) in [5, 5.41) is 16.4. The number of carbonyl (C=O) groups is 1. The molecule has 0 spiro atoms. The summed E-state index contributed by atoms with van der Waals surface area (Å²) in [5.74, 6) is -0.374. The van der Waals surface area contributed by atoms with Gasteiger partial charge < -0.3 is 9.84 Å². The molecule has 6 heteroatoms. The average molecular weight is 247 g/mol. The standard InChI is InChI=1S/C12H13N3O3/c1-3-18-10-6-4-5-9(7-10)15-8(2)11(12(16)17)13-14-15/h4-7H,3H2,1-2H3,(H,16,17). The monoisotopic (exact) mass is 247 g/mol. The highest BCUT2D eigenvalue weighted by Crippen LogP contribution is 2.18. The predicted molar refractivity (Wildman–Crippen MR) is 64.2 cm³/mol. The lowest BCUT2D eigenvalue weighted by Crippen LogP contribution is -2.03. The van der Waals surface area contributed by atoms with Gasteiger partial charge >= 0.3 is 5.97 Å². The molecule has 1 aromatic heterocycles. The Kier molecular flexibility index (Phi) is 3.27. The zero-order chi connectivity index (χ0) is 13.1. The fourth-order valence-electron chi connectivity index (χ4n) is 1.64. The van der Waals surface area contributed by atoms with E-state index in [4.69, 9.17) is 9.84 Å². The first-order valence-electron chi connectivity index (χ1n) is 5.52. The summed E-state index contributed by atoms with van der Waals surface area (Å²) in [6, 6.07) is 7.26. The van der Waals surface area contributed by atoms with Gasteiger partial charge in [0.05, 0.1) is 18.0 Å². The van der Waals surface area contributed by atoms with Gasteiger partial charge in [0, 0.05) is 6.07 Å². The highest BCUT2D eigenvalue weighted by Gasteiger charge is 2.16. The number of aromatic carboxylic acids is 1. The number of hydrogen-bond donors (Lipinski definition) is 1. The SMILES string of the molecule is CCOc1cccc(-n2nnc(C(=O)O)c2C)c1. The molecule has 0 fully saturated rings. The summed E-state index contributed by atoms with van der Waals surface area (Å²) in [6.45, 7) is 4.13. The lowest BCUT2D eigenvalue weighted by Gasteiger charge is -2.06. The third-order valence-corrected chi connectivity index (χ3v) is 2.47. The van der Waals surface area contributed by atoms with E-state index in [0.717, 1.165) is 5.69 Å². The maximum absolute atomic E-state index is 10.9. The summed E-state index contributed by atoms with van der Waals surface area (Å²) in [5.41, 5.74) is 1.16. The van der Waals surface area contributed by atoms with Gasteiger partial charge in [-0.05, 0) is 26.0 Å². The molecule has 0 aliphatic carbocycles. The van der Waals surface area contributed by atoms with Gasteiger partial charge in [0.1, 0.15) is 5.75 Å². The van der Waals surface area contributed by atoms with Crippen LogP contribution in [0.3, 0.4) is 0 Å². The van der Waals surface area contributed by atoms with E-state index in [1.807, 2.05) is 25.1 Å². The Morgan fingerprint density at radius 1 is 1.50 bits per heavy atom. The van der Waals surface area contributed by atoms with Crippen molar-refractivity contribution in [3.63, 3.8) is 0 Å². The molecule has 94 valence electrons. The van der Waals surface area contributed by atoms with Crippen LogP contribution in [-0.4, -0.2) is 32.7 Å². The van der Waals surface area contributed by atoms with Gasteiger partial charge in [-0.25, -0.2) is 9.48 Å². The van der Waals surface area contributed by atoms with Crippen molar-refractivity contribution in [3.05, 3.63) is 35.7 Å². The molecule has 0 saturated carbocycles. The second kappa shape index (κ2) is 4.87. The average Bonchev–Trinajstić information content (AvgIpc) is 2.72. The van der Waals surface area contributed by atoms with E-state index >= 15 is 0 Å². The van der Waals surface area contributed by atoms with Crippen LogP contribution in [0.1, 0.15) is 23.1 Å². The van der Waals surface area contributed by atoms with E-state index in [1.54, 1.807) is 13.0 Å². The van der Waals surface area contributed by atoms with E-state index in [2.05, 4.69) is 10.3 Å². The topological polar surface area (TPSA) is 77.2 Å². The van der Waals surface area contributed by atoms with Crippen LogP contribution in [0.5, 0.6) is 5.75 Å². The van der Waals surface area contributed by atoms with Gasteiger partial charge in [0.15, 0.2) is 5.69 Å². The molecule has 0 amide bonds. The third-order valence-electron chi connectivity index (χ3n) is 2.47. The van der Waals surface area contributed by atoms with Gasteiger partial charge in [-0.3, -0.25) is 0 Å². The molecule has 1 N–H and O–H groups in total. The molecule has 0 bridgehead atoms. The van der Waals surface area contributed by atoms with Crippen molar-refractivity contribution in [2.75, 3.05) is 6.61 Å². The van der Waals surface area contributed by atoms with Crippen LogP contribution < -0.4 is 4.74 Å². The van der Waals surface area contributed by atoms with Crippen LogP contribution in [-0.2, 0) is 0 Å². The zero-order valence-electron chi connectivity index (χ0n) is 10.1. The Labute approximate surface area is 104 Å². The Bertz CT molecular complexity index is 578. The molecule has 1 heterocycles. The van der Waals surface area contributed by atoms with E-state index in [-0.39, 0.29) is 5.69 Å². The maximum atomic E-state index is 10.9. The molecule has 0 atom stereocenters. The Balaban J connectivity index is 2.42. The third kappa shape index (κ3) is 2.17. The fraction of sp³-hybridized carbons (Fsp3) is 0.250. The van der Waals surface area contributed by atoms with Gasteiger partial charge in [-0.15, -0.1) is 5.10 Å². The Morgan fingerprint density at radius 2 is 2.28 bits per heavy atom. The number of carboxylic acids is 1. The minimum absolute atomic E-state index is 0.0446. The molecule has 2 aromatic rings. The van der Waals surface area contributed by atoms with Crippen LogP contribution >= 0.6 is 0 Å². The summed E-state index contributed by atoms with van der Waals surface area (Å²) in [6.07, 6.45) is 0. The molecule has 0 aliphatic heterocycles. The van der Waals surface area contributed by atoms with Gasteiger partial charge in [-0.1, -0.05) is 11.3 Å². The fourth-order valence-corrected chi connectivity index (χ4v) is 1.64. The number of nitrogens with zero attached hydrogens (tertiary/aromatic N) is 3. The molecule has 0 unspecified atom stereocenters. The first-order valence-corrected chi connectivity index (χ1v) is 5.52. The minimum atomic E-state index is -1.08. The lowest BCUT2D eigenvalue weighted by molar-refractivity contribution is 0.0689. The van der Waals surface area contributed by atoms with E-state index < -0.39 is 5.97 Å². The molecular weight excluding hydrogens is 234 g/mol. The minimum Gasteiger partial charge on any atom is -0.494 e. The van der Waals surface area contributed by atoms with Gasteiger partial charge in [-0.2, -0.15) is 0 Å². The second-order valence-corrected chi connectivity index (χ2v) is 3.67. The van der Waals surface area contributed by atoms with Crippen molar-refractivity contribution < 1.29 is 14.6 Å². The summed E-state index contributed by atoms with van der Waals surface area (Å²) < 4.78 is 6.86. The lowest BCUT2D eigenvalue weighted by atomic mass is 10.3. The van der Waals surface area contributed by atoms with Crippen molar-refractivity contribution >= 4 is 5.97 Å². The smallest absolute Gasteiger partial charge is 0.358 e. The van der Waals surface area contributed by atoms with Crippen LogP contribution in [0.15, 0.2) is 24.3 Å². The highest BCUT2D eigenvalue weighted by atomic mass is 16.5. The largest absolute Gasteiger partial charge is 0.494 e. The first-order chi connectivity index (χ1) is 8.63. The van der Waals surface area contributed by atoms with Gasteiger partial charge in [0.25, 0.3) is 0 Å². The number of benzene rings is 1. The van der Waals surface area contributed by atoms with E-state index in [9.17, 15) is 4.79 Å². The van der Waals surface area contributed by atoms with Gasteiger partial charge in [0.2, 0.25) is 0 Å². The first kappa shape index (κ1) is 12.1. The molecule has 18 heavy (non-hydrogen) atoms. The number of hydrogen-bond acceptors (Lipinski definition) is 4. The van der Waals surface area contributed by atoms with Crippen molar-refractivity contribution in [2.45, 2.75) is 13.8 Å². The summed E-state index contributed by atoms with van der Waals surface area (Å²) in [4.78, 5) is 10.9. The Morgan fingerprint density at radius 3 is 2.89 bits per heavy atom. The molecule has 6 nitrogen and oxygen atoms in total. The predicted octanol–water partition coefficient (Wildman–Crippen LogP) is 1.67. The maximum Gasteiger partial charge on any atom is 0.358 e. The Hall–Kier alpha value is -2.37. The molecule has 2 rings (SSSR count). The molecule has 0 aliphatic rings. The number of rotatable bonds is 4. The van der Waals surface area contributed by atoms with Crippen LogP contribution in [0.25, 0.3) is 5.69 Å². The summed E-state index contributed by atoms with van der Waals surface area (Å²) >= 11 is 0.